The van der Waals surface area contributed by atoms with E-state index in [-0.39, 0.29) is 11.5 Å². The summed E-state index contributed by atoms with van der Waals surface area (Å²) in [6.07, 6.45) is 1.40. The van der Waals surface area contributed by atoms with Gasteiger partial charge in [0.2, 0.25) is 5.82 Å². The molecule has 0 radical (unpaired) electrons. The number of hydrogen-bond donors (Lipinski definition) is 1. The molecule has 1 N–H and O–H groups in total. The smallest absolute Gasteiger partial charge is 0.335 e. The average molecular weight is 257 g/mol. The normalized spacial score (nSPS) is 10.5. The van der Waals surface area contributed by atoms with Crippen LogP contribution in [0.3, 0.4) is 0 Å². The quantitative estimate of drug-likeness (QED) is 0.766. The van der Waals surface area contributed by atoms with Gasteiger partial charge < -0.3 is 14.2 Å². The summed E-state index contributed by atoms with van der Waals surface area (Å²) in [5.74, 6) is -0.385. The number of carboxylic acids is 1. The van der Waals surface area contributed by atoms with Crippen LogP contribution in [0.4, 0.5) is 0 Å². The first kappa shape index (κ1) is 11.1. The minimum absolute atomic E-state index is 0.198. The van der Waals surface area contributed by atoms with Crippen molar-refractivity contribution in [2.24, 2.45) is 0 Å². The molecule has 94 valence electrons. The summed E-state index contributed by atoms with van der Waals surface area (Å²) in [5, 5.41) is 16.3. The molecule has 0 amide bonds. The highest BCUT2D eigenvalue weighted by atomic mass is 16.5. The van der Waals surface area contributed by atoms with Crippen LogP contribution in [-0.2, 0) is 0 Å². The highest BCUT2D eigenvalue weighted by Gasteiger charge is 2.13. The van der Waals surface area contributed by atoms with Crippen LogP contribution in [0, 0.1) is 0 Å². The second kappa shape index (κ2) is 4.37. The number of rotatable bonds is 3. The van der Waals surface area contributed by atoms with Gasteiger partial charge in [0, 0.05) is 11.6 Å². The lowest BCUT2D eigenvalue weighted by Gasteiger charge is -1.95. The van der Waals surface area contributed by atoms with E-state index < -0.39 is 5.97 Å². The van der Waals surface area contributed by atoms with Crippen molar-refractivity contribution in [3.8, 4) is 23.0 Å². The molecule has 0 fully saturated rings. The molecular weight excluding hydrogens is 250 g/mol. The monoisotopic (exact) mass is 257 g/mol. The van der Waals surface area contributed by atoms with Crippen molar-refractivity contribution >= 4 is 5.97 Å². The van der Waals surface area contributed by atoms with Gasteiger partial charge in [-0.05, 0) is 12.1 Å². The van der Waals surface area contributed by atoms with Crippen LogP contribution in [0.15, 0.2) is 45.6 Å². The first-order chi connectivity index (χ1) is 9.24. The number of nitrogens with zero attached hydrogens (tertiary/aromatic N) is 3. The molecule has 3 rings (SSSR count). The number of benzene rings is 1. The lowest BCUT2D eigenvalue weighted by Crippen LogP contribution is -1.95. The maximum absolute atomic E-state index is 10.7. The standard InChI is InChI=1S/C12H7N3O4/c16-12(17)8-3-1-7(2-4-8)10-13-11(19-15-10)9-5-6-18-14-9/h1-6H,(H,16,17). The van der Waals surface area contributed by atoms with Crippen molar-refractivity contribution in [2.75, 3.05) is 0 Å². The van der Waals surface area contributed by atoms with E-state index in [4.69, 9.17) is 9.63 Å². The van der Waals surface area contributed by atoms with Gasteiger partial charge in [-0.15, -0.1) is 0 Å². The summed E-state index contributed by atoms with van der Waals surface area (Å²) < 4.78 is 9.72. The molecular formula is C12H7N3O4. The van der Waals surface area contributed by atoms with Crippen LogP contribution in [0.1, 0.15) is 10.4 Å². The van der Waals surface area contributed by atoms with Gasteiger partial charge in [-0.3, -0.25) is 0 Å². The van der Waals surface area contributed by atoms with E-state index in [1.807, 2.05) is 0 Å². The van der Waals surface area contributed by atoms with Crippen molar-refractivity contribution in [2.45, 2.75) is 0 Å². The zero-order chi connectivity index (χ0) is 13.2. The number of carbonyl (C=O) groups is 1. The van der Waals surface area contributed by atoms with Crippen LogP contribution >= 0.6 is 0 Å². The van der Waals surface area contributed by atoms with Crippen molar-refractivity contribution in [3.05, 3.63) is 42.2 Å². The maximum atomic E-state index is 10.7. The molecule has 2 aromatic heterocycles. The first-order valence-corrected chi connectivity index (χ1v) is 5.32. The Kier molecular flexibility index (Phi) is 2.57. The highest BCUT2D eigenvalue weighted by Crippen LogP contribution is 2.21. The van der Waals surface area contributed by atoms with Gasteiger partial charge in [0.1, 0.15) is 6.26 Å². The van der Waals surface area contributed by atoms with Crippen LogP contribution in [0.5, 0.6) is 0 Å². The third-order valence-electron chi connectivity index (χ3n) is 2.47. The molecule has 0 saturated carbocycles. The molecule has 0 aliphatic rings. The average Bonchev–Trinajstić information content (AvgIpc) is 3.10. The predicted molar refractivity (Wildman–Crippen MR) is 62.2 cm³/mol. The molecule has 0 unspecified atom stereocenters. The van der Waals surface area contributed by atoms with E-state index in [2.05, 4.69) is 19.8 Å². The zero-order valence-electron chi connectivity index (χ0n) is 9.48. The van der Waals surface area contributed by atoms with Crippen LogP contribution in [0.25, 0.3) is 23.0 Å². The third-order valence-corrected chi connectivity index (χ3v) is 2.47. The van der Waals surface area contributed by atoms with Gasteiger partial charge in [-0.1, -0.05) is 22.4 Å². The van der Waals surface area contributed by atoms with E-state index >= 15 is 0 Å². The van der Waals surface area contributed by atoms with Gasteiger partial charge in [-0.2, -0.15) is 4.98 Å². The number of aromatic nitrogens is 3. The lowest BCUT2D eigenvalue weighted by molar-refractivity contribution is 0.0697. The fraction of sp³-hybridized carbons (Fsp3) is 0. The van der Waals surface area contributed by atoms with Gasteiger partial charge in [0.25, 0.3) is 5.89 Å². The van der Waals surface area contributed by atoms with Crippen molar-refractivity contribution in [1.29, 1.82) is 0 Å². The number of hydrogen-bond acceptors (Lipinski definition) is 6. The Morgan fingerprint density at radius 3 is 2.53 bits per heavy atom. The third kappa shape index (κ3) is 2.08. The zero-order valence-corrected chi connectivity index (χ0v) is 9.48. The van der Waals surface area contributed by atoms with Gasteiger partial charge >= 0.3 is 5.97 Å². The molecule has 3 aromatic rings. The van der Waals surface area contributed by atoms with Crippen LogP contribution < -0.4 is 0 Å². The second-order valence-corrected chi connectivity index (χ2v) is 3.69. The molecule has 2 heterocycles. The Balaban J connectivity index is 1.92. The minimum Gasteiger partial charge on any atom is -0.478 e. The fourth-order valence-corrected chi connectivity index (χ4v) is 1.53. The predicted octanol–water partition coefficient (Wildman–Crippen LogP) is 2.09. The molecule has 0 aliphatic carbocycles. The minimum atomic E-state index is -0.983. The maximum Gasteiger partial charge on any atom is 0.335 e. The molecule has 0 saturated heterocycles. The van der Waals surface area contributed by atoms with E-state index in [0.717, 1.165) is 0 Å². The van der Waals surface area contributed by atoms with Crippen molar-refractivity contribution < 1.29 is 18.9 Å². The topological polar surface area (TPSA) is 102 Å². The van der Waals surface area contributed by atoms with Crippen molar-refractivity contribution in [3.63, 3.8) is 0 Å². The summed E-state index contributed by atoms with van der Waals surface area (Å²) in [7, 11) is 0. The molecule has 1 aromatic carbocycles. The van der Waals surface area contributed by atoms with E-state index in [9.17, 15) is 4.79 Å². The molecule has 0 spiro atoms. The Labute approximate surface area is 106 Å². The second-order valence-electron chi connectivity index (χ2n) is 3.69. The van der Waals surface area contributed by atoms with Crippen LogP contribution in [0.2, 0.25) is 0 Å². The number of aromatic carboxylic acids is 1. The van der Waals surface area contributed by atoms with Gasteiger partial charge in [0.05, 0.1) is 5.56 Å². The van der Waals surface area contributed by atoms with Crippen LogP contribution in [-0.4, -0.2) is 26.4 Å². The SMILES string of the molecule is O=C(O)c1ccc(-c2noc(-c3ccon3)n2)cc1. The molecule has 19 heavy (non-hydrogen) atoms. The Hall–Kier alpha value is -2.96. The largest absolute Gasteiger partial charge is 0.478 e. The number of carboxylic acid groups (broad SMARTS) is 1. The van der Waals surface area contributed by atoms with E-state index in [0.29, 0.717) is 17.1 Å². The van der Waals surface area contributed by atoms with Gasteiger partial charge in [0.15, 0.2) is 5.69 Å². The molecule has 7 heteroatoms. The summed E-state index contributed by atoms with van der Waals surface area (Å²) in [4.78, 5) is 14.9. The lowest BCUT2D eigenvalue weighted by atomic mass is 10.1. The first-order valence-electron chi connectivity index (χ1n) is 5.32. The molecule has 0 bridgehead atoms. The summed E-state index contributed by atoms with van der Waals surface area (Å²) in [5.41, 5.74) is 1.30. The molecule has 0 aliphatic heterocycles. The van der Waals surface area contributed by atoms with E-state index in [1.165, 1.54) is 18.4 Å². The fourth-order valence-electron chi connectivity index (χ4n) is 1.53. The summed E-state index contributed by atoms with van der Waals surface area (Å²) in [6, 6.07) is 7.78. The summed E-state index contributed by atoms with van der Waals surface area (Å²) >= 11 is 0. The summed E-state index contributed by atoms with van der Waals surface area (Å²) in [6.45, 7) is 0. The molecule has 0 atom stereocenters. The van der Waals surface area contributed by atoms with E-state index in [1.54, 1.807) is 18.2 Å². The Morgan fingerprint density at radius 2 is 1.89 bits per heavy atom. The Morgan fingerprint density at radius 1 is 1.11 bits per heavy atom. The highest BCUT2D eigenvalue weighted by molar-refractivity contribution is 5.88. The molecule has 7 nitrogen and oxygen atoms in total. The van der Waals surface area contributed by atoms with Crippen molar-refractivity contribution in [1.82, 2.24) is 15.3 Å². The van der Waals surface area contributed by atoms with Gasteiger partial charge in [-0.25, -0.2) is 4.79 Å². The Bertz CT molecular complexity index is 701.